The second-order valence-electron chi connectivity index (χ2n) is 2.16. The lowest BCUT2D eigenvalue weighted by Gasteiger charge is -2.01. The van der Waals surface area contributed by atoms with E-state index in [9.17, 15) is 4.79 Å². The van der Waals surface area contributed by atoms with Gasteiger partial charge in [0.05, 0.1) is 0 Å². The van der Waals surface area contributed by atoms with Crippen molar-refractivity contribution in [1.29, 1.82) is 0 Å². The molecule has 1 aromatic rings. The van der Waals surface area contributed by atoms with Crippen LogP contribution in [0, 0.1) is 6.92 Å². The molecule has 0 atom stereocenters. The summed E-state index contributed by atoms with van der Waals surface area (Å²) in [5, 5.41) is 7.25. The molecule has 1 rings (SSSR count). The lowest BCUT2D eigenvalue weighted by molar-refractivity contribution is 0.111. The highest BCUT2D eigenvalue weighted by Crippen LogP contribution is 2.16. The van der Waals surface area contributed by atoms with Crippen molar-refractivity contribution in [2.24, 2.45) is 0 Å². The summed E-state index contributed by atoms with van der Waals surface area (Å²) < 4.78 is 0. The number of hydrogen-bond donors (Lipinski definition) is 2. The van der Waals surface area contributed by atoms with Gasteiger partial charge in [-0.3, -0.25) is 4.79 Å². The Morgan fingerprint density at radius 3 is 2.62 bits per heavy atom. The predicted molar refractivity (Wildman–Crippen MR) is 51.9 cm³/mol. The molecule has 3 N–H and O–H groups in total. The zero-order valence-electron chi connectivity index (χ0n) is 7.41. The largest absolute Gasteiger partial charge is 0.400 e. The number of carbonyl (C=O) groups is 1. The Bertz CT molecular complexity index is 302. The Morgan fingerprint density at radius 1 is 1.62 bits per heavy atom. The first-order chi connectivity index (χ1) is 6.15. The van der Waals surface area contributed by atoms with Crippen molar-refractivity contribution in [3.63, 3.8) is 0 Å². The molecule has 1 heterocycles. The van der Waals surface area contributed by atoms with Crippen LogP contribution in [-0.4, -0.2) is 23.5 Å². The maximum Gasteiger partial charge on any atom is 0.168 e. The molecule has 1 aromatic heterocycles. The summed E-state index contributed by atoms with van der Waals surface area (Å²) in [4.78, 5) is 14.1. The number of aliphatic hydroxyl groups excluding tert-OH is 1. The van der Waals surface area contributed by atoms with Crippen molar-refractivity contribution in [2.75, 3.05) is 12.8 Å². The molecule has 5 heteroatoms. The number of aliphatic hydroxyl groups is 1. The summed E-state index contributed by atoms with van der Waals surface area (Å²) >= 11 is 5.55. The zero-order chi connectivity index (χ0) is 10.4. The van der Waals surface area contributed by atoms with Crippen LogP contribution in [0.1, 0.15) is 16.1 Å². The topological polar surface area (TPSA) is 76.2 Å². The number of nitrogen functional groups attached to an aromatic ring is 1. The molecule has 0 fully saturated rings. The number of halogens is 1. The predicted octanol–water partition coefficient (Wildman–Crippen LogP) is 1.05. The van der Waals surface area contributed by atoms with Crippen LogP contribution < -0.4 is 5.73 Å². The Labute approximate surface area is 81.4 Å². The lowest BCUT2D eigenvalue weighted by Crippen LogP contribution is -1.98. The molecular formula is C8H11ClN2O2. The van der Waals surface area contributed by atoms with E-state index >= 15 is 0 Å². The van der Waals surface area contributed by atoms with Crippen LogP contribution in [0.5, 0.6) is 0 Å². The summed E-state index contributed by atoms with van der Waals surface area (Å²) in [6.07, 6.45) is 0.636. The molecule has 4 nitrogen and oxygen atoms in total. The van der Waals surface area contributed by atoms with Gasteiger partial charge in [-0.05, 0) is 13.0 Å². The maximum absolute atomic E-state index is 10.4. The fraction of sp³-hybridized carbons (Fsp3) is 0.250. The highest BCUT2D eigenvalue weighted by molar-refractivity contribution is 6.29. The molecule has 0 saturated carbocycles. The monoisotopic (exact) mass is 202 g/mol. The van der Waals surface area contributed by atoms with Gasteiger partial charge < -0.3 is 10.8 Å². The first kappa shape index (κ1) is 11.9. The minimum atomic E-state index is 0.246. The van der Waals surface area contributed by atoms with E-state index in [-0.39, 0.29) is 5.15 Å². The van der Waals surface area contributed by atoms with Crippen LogP contribution >= 0.6 is 11.6 Å². The number of nitrogens with two attached hydrogens (primary N) is 1. The number of rotatable bonds is 1. The minimum absolute atomic E-state index is 0.246. The van der Waals surface area contributed by atoms with E-state index in [0.717, 1.165) is 7.11 Å². The third-order valence-electron chi connectivity index (χ3n) is 1.43. The quantitative estimate of drug-likeness (QED) is 0.527. The minimum Gasteiger partial charge on any atom is -0.400 e. The van der Waals surface area contributed by atoms with Crippen LogP contribution in [0.2, 0.25) is 5.15 Å². The molecule has 0 amide bonds. The molecule has 0 aliphatic carbocycles. The maximum atomic E-state index is 10.4. The Balaban J connectivity index is 0.000000671. The van der Waals surface area contributed by atoms with E-state index in [0.29, 0.717) is 23.2 Å². The van der Waals surface area contributed by atoms with Crippen molar-refractivity contribution in [3.05, 3.63) is 22.5 Å². The first-order valence-electron chi connectivity index (χ1n) is 3.47. The van der Waals surface area contributed by atoms with Crippen molar-refractivity contribution in [3.8, 4) is 0 Å². The smallest absolute Gasteiger partial charge is 0.168 e. The van der Waals surface area contributed by atoms with Gasteiger partial charge in [0.2, 0.25) is 0 Å². The van der Waals surface area contributed by atoms with E-state index in [2.05, 4.69) is 4.98 Å². The normalized spacial score (nSPS) is 8.62. The van der Waals surface area contributed by atoms with E-state index in [1.807, 2.05) is 0 Å². The van der Waals surface area contributed by atoms with Crippen LogP contribution in [-0.2, 0) is 0 Å². The molecule has 72 valence electrons. The fourth-order valence-electron chi connectivity index (χ4n) is 0.730. The number of carbonyl (C=O) groups excluding carboxylic acids is 1. The Hall–Kier alpha value is -1.13. The Kier molecular flexibility index (Phi) is 5.03. The number of aldehydes is 1. The molecule has 0 spiro atoms. The van der Waals surface area contributed by atoms with E-state index in [4.69, 9.17) is 22.4 Å². The van der Waals surface area contributed by atoms with Crippen molar-refractivity contribution in [1.82, 2.24) is 4.98 Å². The molecule has 0 saturated heterocycles. The van der Waals surface area contributed by atoms with Crippen LogP contribution in [0.15, 0.2) is 6.07 Å². The second-order valence-corrected chi connectivity index (χ2v) is 2.55. The average Bonchev–Trinajstić information content (AvgIpc) is 2.14. The summed E-state index contributed by atoms with van der Waals surface area (Å²) in [5.74, 6) is 0. The van der Waals surface area contributed by atoms with Gasteiger partial charge in [-0.15, -0.1) is 0 Å². The van der Waals surface area contributed by atoms with Crippen molar-refractivity contribution >= 4 is 23.6 Å². The molecule has 0 radical (unpaired) electrons. The fourth-order valence-corrected chi connectivity index (χ4v) is 0.939. The standard InChI is InChI=1S/C7H7ClN2O.CH4O/c1-4-5(9)2-7(8)10-6(4)3-11;1-2/h2-3H,1H3,(H2,9,10);2H,1H3. The van der Waals surface area contributed by atoms with Crippen molar-refractivity contribution in [2.45, 2.75) is 6.92 Å². The van der Waals surface area contributed by atoms with Gasteiger partial charge >= 0.3 is 0 Å². The van der Waals surface area contributed by atoms with E-state index in [1.165, 1.54) is 6.07 Å². The number of pyridine rings is 1. The molecular weight excluding hydrogens is 192 g/mol. The molecule has 0 bridgehead atoms. The van der Waals surface area contributed by atoms with Gasteiger partial charge in [0, 0.05) is 18.4 Å². The molecule has 0 aliphatic heterocycles. The third-order valence-corrected chi connectivity index (χ3v) is 1.62. The van der Waals surface area contributed by atoms with Crippen LogP contribution in [0.25, 0.3) is 0 Å². The first-order valence-corrected chi connectivity index (χ1v) is 3.85. The van der Waals surface area contributed by atoms with Gasteiger partial charge in [-0.1, -0.05) is 11.6 Å². The SMILES string of the molecule is CO.Cc1c(N)cc(Cl)nc1C=O. The van der Waals surface area contributed by atoms with Crippen LogP contribution in [0.3, 0.4) is 0 Å². The van der Waals surface area contributed by atoms with E-state index < -0.39 is 0 Å². The Morgan fingerprint density at radius 2 is 2.15 bits per heavy atom. The number of hydrogen-bond acceptors (Lipinski definition) is 4. The average molecular weight is 203 g/mol. The summed E-state index contributed by atoms with van der Waals surface area (Å²) in [7, 11) is 1.00. The molecule has 0 aliphatic rings. The lowest BCUT2D eigenvalue weighted by atomic mass is 10.2. The van der Waals surface area contributed by atoms with E-state index in [1.54, 1.807) is 6.92 Å². The van der Waals surface area contributed by atoms with Gasteiger partial charge in [0.25, 0.3) is 0 Å². The van der Waals surface area contributed by atoms with Gasteiger partial charge in [0.15, 0.2) is 6.29 Å². The van der Waals surface area contributed by atoms with Crippen molar-refractivity contribution < 1.29 is 9.90 Å². The molecule has 0 aromatic carbocycles. The second kappa shape index (κ2) is 5.50. The number of anilines is 1. The molecule has 0 unspecified atom stereocenters. The van der Waals surface area contributed by atoms with Gasteiger partial charge in [-0.25, -0.2) is 4.98 Å². The highest BCUT2D eigenvalue weighted by atomic mass is 35.5. The molecule has 13 heavy (non-hydrogen) atoms. The van der Waals surface area contributed by atoms with Gasteiger partial charge in [0.1, 0.15) is 10.8 Å². The number of nitrogens with zero attached hydrogens (tertiary/aromatic N) is 1. The van der Waals surface area contributed by atoms with Gasteiger partial charge in [-0.2, -0.15) is 0 Å². The number of aromatic nitrogens is 1. The highest BCUT2D eigenvalue weighted by Gasteiger charge is 2.03. The summed E-state index contributed by atoms with van der Waals surface area (Å²) in [5.41, 5.74) is 6.98. The van der Waals surface area contributed by atoms with Crippen LogP contribution in [0.4, 0.5) is 5.69 Å². The summed E-state index contributed by atoms with van der Waals surface area (Å²) in [6, 6.07) is 1.52. The zero-order valence-corrected chi connectivity index (χ0v) is 8.17. The summed E-state index contributed by atoms with van der Waals surface area (Å²) in [6.45, 7) is 1.72. The third kappa shape index (κ3) is 3.01.